The summed E-state index contributed by atoms with van der Waals surface area (Å²) in [5.74, 6) is -0.611. The molecule has 0 amide bonds. The van der Waals surface area contributed by atoms with E-state index < -0.39 is 11.8 Å². The number of rotatable bonds is 5. The normalized spacial score (nSPS) is 13.5. The van der Waals surface area contributed by atoms with Gasteiger partial charge < -0.3 is 9.47 Å². The highest BCUT2D eigenvalue weighted by atomic mass is 19.1. The van der Waals surface area contributed by atoms with Crippen LogP contribution in [0.2, 0.25) is 0 Å². The first kappa shape index (κ1) is 16.2. The van der Waals surface area contributed by atoms with Gasteiger partial charge >= 0.3 is 5.97 Å². The third kappa shape index (κ3) is 3.02. The van der Waals surface area contributed by atoms with E-state index in [9.17, 15) is 14.0 Å². The Bertz CT molecular complexity index is 809. The van der Waals surface area contributed by atoms with Gasteiger partial charge in [0.2, 0.25) is 0 Å². The lowest BCUT2D eigenvalue weighted by Crippen LogP contribution is -2.08. The van der Waals surface area contributed by atoms with Crippen LogP contribution in [0.25, 0.3) is 11.1 Å². The molecule has 124 valence electrons. The van der Waals surface area contributed by atoms with E-state index in [1.165, 1.54) is 38.5 Å². The van der Waals surface area contributed by atoms with Crippen molar-refractivity contribution in [1.82, 2.24) is 0 Å². The summed E-state index contributed by atoms with van der Waals surface area (Å²) in [5.41, 5.74) is 1.34. The summed E-state index contributed by atoms with van der Waals surface area (Å²) in [5, 5.41) is 0. The first-order chi connectivity index (χ1) is 11.5. The number of benzene rings is 2. The largest absolute Gasteiger partial charge is 0.497 e. The maximum Gasteiger partial charge on any atom is 0.337 e. The second-order valence-electron chi connectivity index (χ2n) is 5.74. The van der Waals surface area contributed by atoms with E-state index in [1.54, 1.807) is 12.1 Å². The van der Waals surface area contributed by atoms with Crippen molar-refractivity contribution in [2.45, 2.75) is 12.8 Å². The quantitative estimate of drug-likeness (QED) is 0.617. The second-order valence-corrected chi connectivity index (χ2v) is 5.74. The average molecular weight is 328 g/mol. The van der Waals surface area contributed by atoms with Crippen molar-refractivity contribution in [3.63, 3.8) is 0 Å². The van der Waals surface area contributed by atoms with E-state index in [4.69, 9.17) is 9.47 Å². The molecular formula is C19H17FO4. The molecule has 2 aromatic rings. The van der Waals surface area contributed by atoms with Crippen molar-refractivity contribution in [3.05, 3.63) is 53.3 Å². The van der Waals surface area contributed by atoms with Gasteiger partial charge in [-0.3, -0.25) is 4.79 Å². The average Bonchev–Trinajstić information content (AvgIpc) is 3.45. The number of esters is 1. The summed E-state index contributed by atoms with van der Waals surface area (Å²) in [4.78, 5) is 24.4. The number of hydrogen-bond acceptors (Lipinski definition) is 4. The molecule has 0 heterocycles. The first-order valence-electron chi connectivity index (χ1n) is 7.65. The van der Waals surface area contributed by atoms with Crippen LogP contribution in [0.5, 0.6) is 5.75 Å². The van der Waals surface area contributed by atoms with Gasteiger partial charge in [-0.25, -0.2) is 9.18 Å². The molecule has 0 unspecified atom stereocenters. The molecule has 0 saturated heterocycles. The highest BCUT2D eigenvalue weighted by molar-refractivity contribution is 6.06. The van der Waals surface area contributed by atoms with Crippen LogP contribution in [0.4, 0.5) is 4.39 Å². The van der Waals surface area contributed by atoms with E-state index in [0.29, 0.717) is 16.9 Å². The zero-order chi connectivity index (χ0) is 17.3. The van der Waals surface area contributed by atoms with Crippen molar-refractivity contribution < 1.29 is 23.5 Å². The maximum absolute atomic E-state index is 14.3. The van der Waals surface area contributed by atoms with E-state index in [2.05, 4.69) is 0 Å². The minimum Gasteiger partial charge on any atom is -0.497 e. The molecule has 0 aliphatic heterocycles. The second kappa shape index (κ2) is 6.43. The number of ether oxygens (including phenoxy) is 2. The zero-order valence-electron chi connectivity index (χ0n) is 13.5. The van der Waals surface area contributed by atoms with Gasteiger partial charge in [0, 0.05) is 17.0 Å². The molecule has 24 heavy (non-hydrogen) atoms. The maximum atomic E-state index is 14.3. The predicted molar refractivity (Wildman–Crippen MR) is 86.8 cm³/mol. The number of Topliss-reactive ketones (excluding diaryl/α,β-unsaturated/α-hetero) is 1. The molecule has 0 bridgehead atoms. The standard InChI is InChI=1S/C19H17FO4/c1-23-13-6-8-17(20)15(10-13)14-7-5-12(19(22)24-2)9-16(14)18(21)11-3-4-11/h5-11H,3-4H2,1-2H3. The molecule has 0 atom stereocenters. The van der Waals surface area contributed by atoms with Crippen LogP contribution in [0.15, 0.2) is 36.4 Å². The number of halogens is 1. The highest BCUT2D eigenvalue weighted by Gasteiger charge is 2.32. The molecule has 0 aromatic heterocycles. The van der Waals surface area contributed by atoms with Crippen LogP contribution in [0.3, 0.4) is 0 Å². The lowest BCUT2D eigenvalue weighted by atomic mass is 9.93. The van der Waals surface area contributed by atoms with E-state index in [1.807, 2.05) is 0 Å². The minimum absolute atomic E-state index is 0.0506. The molecule has 2 aromatic carbocycles. The molecule has 0 radical (unpaired) electrons. The predicted octanol–water partition coefficient (Wildman–Crippen LogP) is 3.88. The van der Waals surface area contributed by atoms with Gasteiger partial charge in [-0.05, 0) is 48.7 Å². The minimum atomic E-state index is -0.530. The molecule has 0 N–H and O–H groups in total. The van der Waals surface area contributed by atoms with Crippen LogP contribution in [-0.2, 0) is 4.74 Å². The Hall–Kier alpha value is -2.69. The zero-order valence-corrected chi connectivity index (χ0v) is 13.5. The Morgan fingerprint density at radius 2 is 1.79 bits per heavy atom. The molecule has 1 aliphatic carbocycles. The molecule has 5 heteroatoms. The van der Waals surface area contributed by atoms with Crippen molar-refractivity contribution in [1.29, 1.82) is 0 Å². The van der Waals surface area contributed by atoms with Gasteiger partial charge in [-0.1, -0.05) is 6.07 Å². The van der Waals surface area contributed by atoms with E-state index in [-0.39, 0.29) is 22.8 Å². The summed E-state index contributed by atoms with van der Waals surface area (Å²) in [6, 6.07) is 8.97. The third-order valence-corrected chi connectivity index (χ3v) is 4.12. The van der Waals surface area contributed by atoms with Gasteiger partial charge in [0.1, 0.15) is 11.6 Å². The Balaban J connectivity index is 2.16. The van der Waals surface area contributed by atoms with Gasteiger partial charge in [0.05, 0.1) is 19.8 Å². The number of carbonyl (C=O) groups excluding carboxylic acids is 2. The van der Waals surface area contributed by atoms with Crippen molar-refractivity contribution >= 4 is 11.8 Å². The molecule has 1 saturated carbocycles. The molecular weight excluding hydrogens is 311 g/mol. The van der Waals surface area contributed by atoms with Gasteiger partial charge in [-0.15, -0.1) is 0 Å². The van der Waals surface area contributed by atoms with Crippen LogP contribution < -0.4 is 4.74 Å². The van der Waals surface area contributed by atoms with Gasteiger partial charge in [0.25, 0.3) is 0 Å². The first-order valence-corrected chi connectivity index (χ1v) is 7.65. The number of ketones is 1. The molecule has 0 spiro atoms. The SMILES string of the molecule is COC(=O)c1ccc(-c2cc(OC)ccc2F)c(C(=O)C2CC2)c1. The smallest absolute Gasteiger partial charge is 0.337 e. The van der Waals surface area contributed by atoms with Crippen LogP contribution in [0, 0.1) is 11.7 Å². The van der Waals surface area contributed by atoms with Crippen LogP contribution in [-0.4, -0.2) is 26.0 Å². The fraction of sp³-hybridized carbons (Fsp3) is 0.263. The van der Waals surface area contributed by atoms with Crippen molar-refractivity contribution in [2.75, 3.05) is 14.2 Å². The topological polar surface area (TPSA) is 52.6 Å². The Morgan fingerprint density at radius 3 is 2.42 bits per heavy atom. The number of carbonyl (C=O) groups is 2. The summed E-state index contributed by atoms with van der Waals surface area (Å²) in [6.07, 6.45) is 1.64. The van der Waals surface area contributed by atoms with Crippen LogP contribution in [0.1, 0.15) is 33.6 Å². The molecule has 1 fully saturated rings. The molecule has 1 aliphatic rings. The number of hydrogen-bond donors (Lipinski definition) is 0. The lowest BCUT2D eigenvalue weighted by molar-refractivity contribution is 0.0600. The van der Waals surface area contributed by atoms with Gasteiger partial charge in [0.15, 0.2) is 5.78 Å². The highest BCUT2D eigenvalue weighted by Crippen LogP contribution is 2.37. The monoisotopic (exact) mass is 328 g/mol. The summed E-state index contributed by atoms with van der Waals surface area (Å²) in [7, 11) is 2.77. The van der Waals surface area contributed by atoms with Crippen LogP contribution >= 0.6 is 0 Å². The Labute approximate surface area is 139 Å². The van der Waals surface area contributed by atoms with Crippen molar-refractivity contribution in [3.8, 4) is 16.9 Å². The Kier molecular flexibility index (Phi) is 4.34. The summed E-state index contributed by atoms with van der Waals surface area (Å²) < 4.78 is 24.2. The summed E-state index contributed by atoms with van der Waals surface area (Å²) in [6.45, 7) is 0. The fourth-order valence-corrected chi connectivity index (χ4v) is 2.63. The van der Waals surface area contributed by atoms with Gasteiger partial charge in [-0.2, -0.15) is 0 Å². The summed E-state index contributed by atoms with van der Waals surface area (Å²) >= 11 is 0. The third-order valence-electron chi connectivity index (χ3n) is 4.12. The Morgan fingerprint density at radius 1 is 1.04 bits per heavy atom. The van der Waals surface area contributed by atoms with E-state index >= 15 is 0 Å². The number of methoxy groups -OCH3 is 2. The lowest BCUT2D eigenvalue weighted by Gasteiger charge is -2.12. The van der Waals surface area contributed by atoms with E-state index in [0.717, 1.165) is 12.8 Å². The van der Waals surface area contributed by atoms with Crippen molar-refractivity contribution in [2.24, 2.45) is 5.92 Å². The molecule has 3 rings (SSSR count). The molecule has 4 nitrogen and oxygen atoms in total. The fourth-order valence-electron chi connectivity index (χ4n) is 2.63.